The van der Waals surface area contributed by atoms with E-state index in [9.17, 15) is 0 Å². The van der Waals surface area contributed by atoms with E-state index in [0.29, 0.717) is 11.5 Å². The summed E-state index contributed by atoms with van der Waals surface area (Å²) in [7, 11) is 0. The van der Waals surface area contributed by atoms with E-state index in [1.54, 1.807) is 0 Å². The number of unbranched alkanes of at least 4 members (excludes halogenated alkanes) is 2. The van der Waals surface area contributed by atoms with E-state index in [1.165, 1.54) is 25.7 Å². The minimum atomic E-state index is -0.133. The Morgan fingerprint density at radius 2 is 1.90 bits per heavy atom. The Labute approximate surface area is 132 Å². The number of rotatable bonds is 10. The van der Waals surface area contributed by atoms with Crippen molar-refractivity contribution in [2.75, 3.05) is 19.7 Å². The van der Waals surface area contributed by atoms with Crippen molar-refractivity contribution >= 4 is 0 Å². The molecule has 126 valence electrons. The van der Waals surface area contributed by atoms with E-state index in [0.717, 1.165) is 26.1 Å². The van der Waals surface area contributed by atoms with Gasteiger partial charge in [0.05, 0.1) is 6.10 Å². The SMILES string of the molecule is CCCCCC(C)(C)CNCC1(N)CC(OCC)C1(C)C. The van der Waals surface area contributed by atoms with Crippen molar-refractivity contribution in [1.29, 1.82) is 0 Å². The summed E-state index contributed by atoms with van der Waals surface area (Å²) in [4.78, 5) is 0. The quantitative estimate of drug-likeness (QED) is 0.604. The van der Waals surface area contributed by atoms with Gasteiger partial charge in [0.25, 0.3) is 0 Å². The monoisotopic (exact) mass is 298 g/mol. The zero-order valence-electron chi connectivity index (χ0n) is 15.2. The van der Waals surface area contributed by atoms with Crippen molar-refractivity contribution in [3.05, 3.63) is 0 Å². The smallest absolute Gasteiger partial charge is 0.0662 e. The van der Waals surface area contributed by atoms with Gasteiger partial charge in [-0.3, -0.25) is 0 Å². The molecule has 0 amide bonds. The zero-order chi connectivity index (χ0) is 16.1. The fourth-order valence-corrected chi connectivity index (χ4v) is 3.37. The molecule has 2 unspecified atom stereocenters. The van der Waals surface area contributed by atoms with E-state index in [1.807, 2.05) is 0 Å². The standard InChI is InChI=1S/C18H38N2O/c1-7-9-10-11-16(3,4)13-20-14-18(19)12-15(21-8-2)17(18,5)6/h15,20H,7-14,19H2,1-6H3. The van der Waals surface area contributed by atoms with E-state index < -0.39 is 0 Å². The average Bonchev–Trinajstić information content (AvgIpc) is 2.38. The van der Waals surface area contributed by atoms with Crippen LogP contribution >= 0.6 is 0 Å². The van der Waals surface area contributed by atoms with Crippen molar-refractivity contribution in [2.45, 2.75) is 85.3 Å². The minimum Gasteiger partial charge on any atom is -0.378 e. The molecule has 2 atom stereocenters. The van der Waals surface area contributed by atoms with Gasteiger partial charge < -0.3 is 15.8 Å². The first-order valence-corrected chi connectivity index (χ1v) is 8.80. The predicted molar refractivity (Wildman–Crippen MR) is 91.5 cm³/mol. The lowest BCUT2D eigenvalue weighted by Crippen LogP contribution is -2.73. The molecule has 0 radical (unpaired) electrons. The fourth-order valence-electron chi connectivity index (χ4n) is 3.37. The van der Waals surface area contributed by atoms with Gasteiger partial charge in [-0.25, -0.2) is 0 Å². The third kappa shape index (κ3) is 4.67. The van der Waals surface area contributed by atoms with Crippen LogP contribution in [0.1, 0.15) is 73.6 Å². The molecule has 1 rings (SSSR count). The molecular formula is C18H38N2O. The lowest BCUT2D eigenvalue weighted by atomic mass is 9.54. The maximum Gasteiger partial charge on any atom is 0.0662 e. The predicted octanol–water partition coefficient (Wildman–Crippen LogP) is 3.72. The van der Waals surface area contributed by atoms with Gasteiger partial charge in [-0.1, -0.05) is 53.9 Å². The summed E-state index contributed by atoms with van der Waals surface area (Å²) >= 11 is 0. The van der Waals surface area contributed by atoms with E-state index in [2.05, 4.69) is 46.9 Å². The third-order valence-corrected chi connectivity index (χ3v) is 5.51. The Kier molecular flexibility index (Phi) is 6.70. The molecule has 0 aliphatic heterocycles. The maximum absolute atomic E-state index is 6.61. The zero-order valence-corrected chi connectivity index (χ0v) is 15.2. The highest BCUT2D eigenvalue weighted by atomic mass is 16.5. The lowest BCUT2D eigenvalue weighted by Gasteiger charge is -2.59. The highest BCUT2D eigenvalue weighted by molar-refractivity contribution is 5.14. The summed E-state index contributed by atoms with van der Waals surface area (Å²) in [6.45, 7) is 16.2. The molecule has 3 N–H and O–H groups in total. The molecule has 0 aromatic heterocycles. The van der Waals surface area contributed by atoms with E-state index >= 15 is 0 Å². The summed E-state index contributed by atoms with van der Waals surface area (Å²) in [5.74, 6) is 0. The Hall–Kier alpha value is -0.120. The summed E-state index contributed by atoms with van der Waals surface area (Å²) < 4.78 is 5.79. The highest BCUT2D eigenvalue weighted by Gasteiger charge is 2.58. The molecule has 1 aliphatic carbocycles. The number of ether oxygens (including phenoxy) is 1. The summed E-state index contributed by atoms with van der Waals surface area (Å²) in [5, 5.41) is 3.63. The first kappa shape index (κ1) is 18.9. The van der Waals surface area contributed by atoms with Crippen molar-refractivity contribution in [3.63, 3.8) is 0 Å². The Morgan fingerprint density at radius 1 is 1.24 bits per heavy atom. The molecule has 0 aromatic rings. The van der Waals surface area contributed by atoms with Gasteiger partial charge in [-0.05, 0) is 25.2 Å². The van der Waals surface area contributed by atoms with Crippen molar-refractivity contribution in [1.82, 2.24) is 5.32 Å². The average molecular weight is 299 g/mol. The minimum absolute atomic E-state index is 0.0579. The molecular weight excluding hydrogens is 260 g/mol. The second-order valence-corrected chi connectivity index (χ2v) is 8.25. The van der Waals surface area contributed by atoms with Crippen LogP contribution in [-0.2, 0) is 4.74 Å². The van der Waals surface area contributed by atoms with Crippen molar-refractivity contribution < 1.29 is 4.74 Å². The lowest BCUT2D eigenvalue weighted by molar-refractivity contribution is -0.148. The van der Waals surface area contributed by atoms with Crippen molar-refractivity contribution in [3.8, 4) is 0 Å². The Morgan fingerprint density at radius 3 is 2.43 bits per heavy atom. The van der Waals surface area contributed by atoms with Crippen LogP contribution in [0.5, 0.6) is 0 Å². The van der Waals surface area contributed by atoms with Gasteiger partial charge in [0.2, 0.25) is 0 Å². The van der Waals surface area contributed by atoms with Crippen LogP contribution in [-0.4, -0.2) is 31.3 Å². The van der Waals surface area contributed by atoms with Crippen LogP contribution in [0.2, 0.25) is 0 Å². The highest BCUT2D eigenvalue weighted by Crippen LogP contribution is 2.49. The van der Waals surface area contributed by atoms with Gasteiger partial charge in [-0.15, -0.1) is 0 Å². The molecule has 1 fully saturated rings. The number of hydrogen-bond acceptors (Lipinski definition) is 3. The van der Waals surface area contributed by atoms with Crippen molar-refractivity contribution in [2.24, 2.45) is 16.6 Å². The molecule has 1 aliphatic rings. The second kappa shape index (κ2) is 7.43. The van der Waals surface area contributed by atoms with Gasteiger partial charge in [-0.2, -0.15) is 0 Å². The Bertz CT molecular complexity index is 314. The van der Waals surface area contributed by atoms with Crippen LogP contribution in [0.3, 0.4) is 0 Å². The second-order valence-electron chi connectivity index (χ2n) is 8.25. The van der Waals surface area contributed by atoms with Gasteiger partial charge in [0.1, 0.15) is 0 Å². The molecule has 0 bridgehead atoms. The van der Waals surface area contributed by atoms with Gasteiger partial charge >= 0.3 is 0 Å². The largest absolute Gasteiger partial charge is 0.378 e. The van der Waals surface area contributed by atoms with Crippen LogP contribution < -0.4 is 11.1 Å². The Balaban J connectivity index is 2.35. The molecule has 0 aromatic carbocycles. The first-order chi connectivity index (χ1) is 9.68. The van der Waals surface area contributed by atoms with Gasteiger partial charge in [0.15, 0.2) is 0 Å². The maximum atomic E-state index is 6.61. The van der Waals surface area contributed by atoms with Crippen LogP contribution in [0.4, 0.5) is 0 Å². The van der Waals surface area contributed by atoms with Gasteiger partial charge in [0, 0.05) is 30.7 Å². The molecule has 3 heteroatoms. The molecule has 3 nitrogen and oxygen atoms in total. The molecule has 0 heterocycles. The summed E-state index contributed by atoms with van der Waals surface area (Å²) in [6, 6.07) is 0. The van der Waals surface area contributed by atoms with Crippen LogP contribution in [0, 0.1) is 10.8 Å². The molecule has 1 saturated carbocycles. The van der Waals surface area contributed by atoms with E-state index in [-0.39, 0.29) is 11.0 Å². The van der Waals surface area contributed by atoms with Crippen LogP contribution in [0.15, 0.2) is 0 Å². The third-order valence-electron chi connectivity index (χ3n) is 5.51. The molecule has 0 saturated heterocycles. The summed E-state index contributed by atoms with van der Waals surface area (Å²) in [5.41, 5.74) is 6.89. The number of hydrogen-bond donors (Lipinski definition) is 2. The van der Waals surface area contributed by atoms with E-state index in [4.69, 9.17) is 10.5 Å². The normalized spacial score (nSPS) is 28.4. The number of nitrogens with one attached hydrogen (secondary N) is 1. The fraction of sp³-hybridized carbons (Fsp3) is 1.00. The molecule has 0 spiro atoms. The number of nitrogens with two attached hydrogens (primary N) is 1. The molecule has 21 heavy (non-hydrogen) atoms. The topological polar surface area (TPSA) is 47.3 Å². The first-order valence-electron chi connectivity index (χ1n) is 8.80. The summed E-state index contributed by atoms with van der Waals surface area (Å²) in [6.07, 6.45) is 6.53. The van der Waals surface area contributed by atoms with Crippen LogP contribution in [0.25, 0.3) is 0 Å².